The normalized spacial score (nSPS) is 47.3. The van der Waals surface area contributed by atoms with Crippen LogP contribution in [0.3, 0.4) is 0 Å². The maximum atomic E-state index is 9.38. The van der Waals surface area contributed by atoms with E-state index in [-0.39, 0.29) is 18.6 Å². The van der Waals surface area contributed by atoms with E-state index >= 15 is 0 Å². The molecule has 2 saturated carbocycles. The van der Waals surface area contributed by atoms with Crippen molar-refractivity contribution >= 4 is 0 Å². The zero-order valence-electron chi connectivity index (χ0n) is 8.39. The first kappa shape index (κ1) is 8.93. The van der Waals surface area contributed by atoms with Crippen molar-refractivity contribution in [2.75, 3.05) is 13.2 Å². The molecule has 3 aliphatic rings. The first-order valence-electron chi connectivity index (χ1n) is 5.68. The van der Waals surface area contributed by atoms with E-state index in [1.54, 1.807) is 0 Å². The van der Waals surface area contributed by atoms with Crippen LogP contribution in [0.5, 0.6) is 0 Å². The van der Waals surface area contributed by atoms with Crippen LogP contribution in [0.1, 0.15) is 19.3 Å². The van der Waals surface area contributed by atoms with Crippen LogP contribution < -0.4 is 0 Å². The van der Waals surface area contributed by atoms with Crippen molar-refractivity contribution in [1.82, 2.24) is 0 Å². The number of aliphatic hydroxyl groups excluding tert-OH is 2. The standard InChI is InChI=1S/C12H18O2/c13-6-12(7-14)4-10-8-1-2-9(3-8)11(10)5-12/h1-2,8-11,13-14H,3-7H2/t8-,9-,10+,11+/m0/s1. The van der Waals surface area contributed by atoms with Crippen molar-refractivity contribution in [2.45, 2.75) is 19.3 Å². The minimum atomic E-state index is -0.154. The molecule has 0 aliphatic heterocycles. The molecule has 0 radical (unpaired) electrons. The molecule has 0 heterocycles. The summed E-state index contributed by atoms with van der Waals surface area (Å²) in [6.45, 7) is 0.325. The van der Waals surface area contributed by atoms with Crippen molar-refractivity contribution in [3.63, 3.8) is 0 Å². The van der Waals surface area contributed by atoms with Crippen molar-refractivity contribution in [1.29, 1.82) is 0 Å². The van der Waals surface area contributed by atoms with Gasteiger partial charge in [-0.05, 0) is 42.9 Å². The molecule has 78 valence electrons. The van der Waals surface area contributed by atoms with Gasteiger partial charge in [0.15, 0.2) is 0 Å². The molecule has 4 atom stereocenters. The Morgan fingerprint density at radius 2 is 1.50 bits per heavy atom. The van der Waals surface area contributed by atoms with Crippen LogP contribution in [-0.4, -0.2) is 23.4 Å². The number of hydrogen-bond acceptors (Lipinski definition) is 2. The second-order valence-corrected chi connectivity index (χ2v) is 5.50. The van der Waals surface area contributed by atoms with Gasteiger partial charge in [-0.3, -0.25) is 0 Å². The molecule has 3 rings (SSSR count). The Hall–Kier alpha value is -0.340. The van der Waals surface area contributed by atoms with Gasteiger partial charge in [0, 0.05) is 5.41 Å². The molecule has 0 saturated heterocycles. The summed E-state index contributed by atoms with van der Waals surface area (Å²) in [5.74, 6) is 3.02. The summed E-state index contributed by atoms with van der Waals surface area (Å²) in [7, 11) is 0. The lowest BCUT2D eigenvalue weighted by Crippen LogP contribution is -2.27. The van der Waals surface area contributed by atoms with E-state index in [0.717, 1.165) is 36.5 Å². The van der Waals surface area contributed by atoms with Gasteiger partial charge in [-0.15, -0.1) is 0 Å². The average molecular weight is 194 g/mol. The quantitative estimate of drug-likeness (QED) is 0.648. The SMILES string of the molecule is OCC1(CO)C[C@H]2[C@H](C1)[C@H]1C=C[C@H]2C1. The third-order valence-corrected chi connectivity index (χ3v) is 4.81. The van der Waals surface area contributed by atoms with Crippen LogP contribution >= 0.6 is 0 Å². The van der Waals surface area contributed by atoms with E-state index in [1.165, 1.54) is 6.42 Å². The highest BCUT2D eigenvalue weighted by Gasteiger charge is 2.54. The summed E-state index contributed by atoms with van der Waals surface area (Å²) in [5, 5.41) is 18.8. The first-order valence-corrected chi connectivity index (χ1v) is 5.68. The molecule has 14 heavy (non-hydrogen) atoms. The number of hydrogen-bond donors (Lipinski definition) is 2. The van der Waals surface area contributed by atoms with Crippen molar-refractivity contribution < 1.29 is 10.2 Å². The second kappa shape index (κ2) is 2.83. The summed E-state index contributed by atoms with van der Waals surface area (Å²) < 4.78 is 0. The van der Waals surface area contributed by atoms with Crippen LogP contribution in [0, 0.1) is 29.1 Å². The summed E-state index contributed by atoms with van der Waals surface area (Å²) in [5.41, 5.74) is -0.154. The van der Waals surface area contributed by atoms with Gasteiger partial charge >= 0.3 is 0 Å². The fourth-order valence-corrected chi connectivity index (χ4v) is 4.02. The Balaban J connectivity index is 1.84. The molecule has 0 aromatic rings. The van der Waals surface area contributed by atoms with Gasteiger partial charge in [0.25, 0.3) is 0 Å². The summed E-state index contributed by atoms with van der Waals surface area (Å²) in [6, 6.07) is 0. The molecule has 0 aromatic carbocycles. The van der Waals surface area contributed by atoms with Gasteiger partial charge < -0.3 is 10.2 Å². The van der Waals surface area contributed by atoms with E-state index in [2.05, 4.69) is 12.2 Å². The lowest BCUT2D eigenvalue weighted by molar-refractivity contribution is 0.0510. The minimum absolute atomic E-state index is 0.154. The zero-order chi connectivity index (χ0) is 9.76. The molecule has 0 spiro atoms. The summed E-state index contributed by atoms with van der Waals surface area (Å²) >= 11 is 0. The third kappa shape index (κ3) is 0.986. The molecule has 0 unspecified atom stereocenters. The Bertz CT molecular complexity index is 245. The summed E-state index contributed by atoms with van der Waals surface area (Å²) in [4.78, 5) is 0. The second-order valence-electron chi connectivity index (χ2n) is 5.50. The smallest absolute Gasteiger partial charge is 0.0509 e. The van der Waals surface area contributed by atoms with Gasteiger partial charge in [0.2, 0.25) is 0 Å². The highest BCUT2D eigenvalue weighted by atomic mass is 16.3. The minimum Gasteiger partial charge on any atom is -0.396 e. The van der Waals surface area contributed by atoms with Gasteiger partial charge in [0.05, 0.1) is 13.2 Å². The number of allylic oxidation sites excluding steroid dienone is 2. The molecular weight excluding hydrogens is 176 g/mol. The number of fused-ring (bicyclic) bond motifs is 5. The monoisotopic (exact) mass is 194 g/mol. The lowest BCUT2D eigenvalue weighted by Gasteiger charge is -2.25. The maximum absolute atomic E-state index is 9.38. The Labute approximate surface area is 84.6 Å². The van der Waals surface area contributed by atoms with Crippen LogP contribution in [0.2, 0.25) is 0 Å². The molecule has 2 fully saturated rings. The molecular formula is C12H18O2. The Kier molecular flexibility index (Phi) is 1.80. The molecule has 2 N–H and O–H groups in total. The van der Waals surface area contributed by atoms with Crippen molar-refractivity contribution in [2.24, 2.45) is 29.1 Å². The van der Waals surface area contributed by atoms with Crippen LogP contribution in [0.15, 0.2) is 12.2 Å². The molecule has 2 heteroatoms. The average Bonchev–Trinajstić information content (AvgIpc) is 2.88. The highest BCUT2D eigenvalue weighted by Crippen LogP contribution is 2.60. The topological polar surface area (TPSA) is 40.5 Å². The van der Waals surface area contributed by atoms with Gasteiger partial charge in [-0.1, -0.05) is 12.2 Å². The zero-order valence-corrected chi connectivity index (χ0v) is 8.39. The van der Waals surface area contributed by atoms with Crippen LogP contribution in [-0.2, 0) is 0 Å². The van der Waals surface area contributed by atoms with Crippen molar-refractivity contribution in [3.8, 4) is 0 Å². The Morgan fingerprint density at radius 1 is 1.00 bits per heavy atom. The van der Waals surface area contributed by atoms with E-state index < -0.39 is 0 Å². The number of aliphatic hydroxyl groups is 2. The summed E-state index contributed by atoms with van der Waals surface area (Å²) in [6.07, 6.45) is 8.13. The number of rotatable bonds is 2. The first-order chi connectivity index (χ1) is 6.78. The van der Waals surface area contributed by atoms with Crippen molar-refractivity contribution in [3.05, 3.63) is 12.2 Å². The van der Waals surface area contributed by atoms with E-state index in [0.29, 0.717) is 0 Å². The van der Waals surface area contributed by atoms with E-state index in [4.69, 9.17) is 0 Å². The van der Waals surface area contributed by atoms with E-state index in [1.807, 2.05) is 0 Å². The van der Waals surface area contributed by atoms with Crippen LogP contribution in [0.4, 0.5) is 0 Å². The van der Waals surface area contributed by atoms with Gasteiger partial charge in [-0.2, -0.15) is 0 Å². The van der Waals surface area contributed by atoms with Crippen LogP contribution in [0.25, 0.3) is 0 Å². The lowest BCUT2D eigenvalue weighted by atomic mass is 9.84. The molecule has 3 aliphatic carbocycles. The van der Waals surface area contributed by atoms with Gasteiger partial charge in [0.1, 0.15) is 0 Å². The predicted octanol–water partition coefficient (Wildman–Crippen LogP) is 1.19. The molecule has 0 amide bonds. The fourth-order valence-electron chi connectivity index (χ4n) is 4.02. The predicted molar refractivity (Wildman–Crippen MR) is 53.6 cm³/mol. The maximum Gasteiger partial charge on any atom is 0.0509 e. The third-order valence-electron chi connectivity index (χ3n) is 4.81. The molecule has 2 nitrogen and oxygen atoms in total. The largest absolute Gasteiger partial charge is 0.396 e. The Morgan fingerprint density at radius 3 is 1.93 bits per heavy atom. The molecule has 0 aromatic heterocycles. The molecule has 2 bridgehead atoms. The highest BCUT2D eigenvalue weighted by molar-refractivity contribution is 5.17. The fraction of sp³-hybridized carbons (Fsp3) is 0.833. The van der Waals surface area contributed by atoms with E-state index in [9.17, 15) is 10.2 Å². The van der Waals surface area contributed by atoms with Gasteiger partial charge in [-0.25, -0.2) is 0 Å².